The first-order valence-corrected chi connectivity index (χ1v) is 16.8. The maximum absolute atomic E-state index is 14.0. The molecular weight excluding hydrogens is 628 g/mol. The first-order valence-electron chi connectivity index (χ1n) is 16.8. The zero-order chi connectivity index (χ0) is 34.3. The molecule has 1 fully saturated rings. The average molecular weight is 669 g/mol. The molecule has 4 atom stereocenters. The molecule has 9 heteroatoms. The summed E-state index contributed by atoms with van der Waals surface area (Å²) < 4.78 is 11.9. The minimum absolute atomic E-state index is 0.236. The van der Waals surface area contributed by atoms with E-state index in [0.29, 0.717) is 26.1 Å². The van der Waals surface area contributed by atoms with Gasteiger partial charge in [0.15, 0.2) is 0 Å². The average Bonchev–Trinajstić information content (AvgIpc) is 3.61. The Bertz CT molecular complexity index is 1980. The molecule has 4 N–H and O–H groups in total. The molecule has 2 amide bonds. The van der Waals surface area contributed by atoms with Crippen molar-refractivity contribution in [1.82, 2.24) is 20.4 Å². The largest absolute Gasteiger partial charge is 0.489 e. The zero-order valence-electron chi connectivity index (χ0n) is 27.6. The molecule has 0 saturated carbocycles. The van der Waals surface area contributed by atoms with Gasteiger partial charge in [0, 0.05) is 11.9 Å². The number of H-pyrrole nitrogens is 1. The fraction of sp³-hybridized carbons (Fsp3) is 0.220. The lowest BCUT2D eigenvalue weighted by atomic mass is 9.91. The van der Waals surface area contributed by atoms with Gasteiger partial charge in [0.2, 0.25) is 0 Å². The maximum Gasteiger partial charge on any atom is 0.318 e. The Kier molecular flexibility index (Phi) is 10.0. The van der Waals surface area contributed by atoms with Crippen molar-refractivity contribution in [2.75, 3.05) is 0 Å². The van der Waals surface area contributed by atoms with Crippen LogP contribution in [0.2, 0.25) is 0 Å². The minimum atomic E-state index is -1.22. The highest BCUT2D eigenvalue weighted by Gasteiger charge is 2.42. The van der Waals surface area contributed by atoms with E-state index in [4.69, 9.17) is 9.47 Å². The number of hydrogen-bond donors (Lipinski definition) is 4. The second kappa shape index (κ2) is 15.3. The summed E-state index contributed by atoms with van der Waals surface area (Å²) in [6, 6.07) is 39.3. The zero-order valence-corrected chi connectivity index (χ0v) is 27.6. The summed E-state index contributed by atoms with van der Waals surface area (Å²) in [4.78, 5) is 15.6. The molecule has 9 nitrogen and oxygen atoms in total. The molecule has 5 aromatic carbocycles. The lowest BCUT2D eigenvalue weighted by Gasteiger charge is -2.33. The summed E-state index contributed by atoms with van der Waals surface area (Å²) in [7, 11) is 0. The van der Waals surface area contributed by atoms with Crippen LogP contribution in [0.15, 0.2) is 134 Å². The van der Waals surface area contributed by atoms with Gasteiger partial charge in [-0.3, -0.25) is 5.10 Å². The molecule has 0 bridgehead atoms. The van der Waals surface area contributed by atoms with Crippen LogP contribution >= 0.6 is 0 Å². The van der Waals surface area contributed by atoms with Crippen LogP contribution in [-0.2, 0) is 32.6 Å². The Morgan fingerprint density at radius 2 is 1.20 bits per heavy atom. The van der Waals surface area contributed by atoms with E-state index < -0.39 is 24.3 Å². The number of amides is 2. The summed E-state index contributed by atoms with van der Waals surface area (Å²) in [5.74, 6) is 1.44. The first kappa shape index (κ1) is 32.9. The molecule has 0 radical (unpaired) electrons. The molecule has 254 valence electrons. The Labute approximate surface area is 291 Å². The lowest BCUT2D eigenvalue weighted by molar-refractivity contribution is -0.0306. The molecule has 7 rings (SSSR count). The predicted octanol–water partition coefficient (Wildman–Crippen LogP) is 6.19. The van der Waals surface area contributed by atoms with Gasteiger partial charge >= 0.3 is 6.03 Å². The molecule has 1 aromatic heterocycles. The smallest absolute Gasteiger partial charge is 0.318 e. The fourth-order valence-corrected chi connectivity index (χ4v) is 6.43. The second-order valence-corrected chi connectivity index (χ2v) is 12.8. The van der Waals surface area contributed by atoms with Gasteiger partial charge in [-0.15, -0.1) is 0 Å². The molecule has 1 aliphatic rings. The van der Waals surface area contributed by atoms with Crippen LogP contribution in [0.4, 0.5) is 4.79 Å². The number of hydrogen-bond acceptors (Lipinski definition) is 6. The molecular formula is C41H40N4O5. The van der Waals surface area contributed by atoms with Crippen molar-refractivity contribution in [2.24, 2.45) is 0 Å². The Balaban J connectivity index is 1.08. The van der Waals surface area contributed by atoms with E-state index in [0.717, 1.165) is 50.2 Å². The number of aliphatic hydroxyl groups excluding tert-OH is 2. The monoisotopic (exact) mass is 668 g/mol. The van der Waals surface area contributed by atoms with Gasteiger partial charge in [-0.25, -0.2) is 4.79 Å². The topological polar surface area (TPSA) is 120 Å². The number of carbonyl (C=O) groups is 1. The predicted molar refractivity (Wildman–Crippen MR) is 192 cm³/mol. The normalized spacial score (nSPS) is 19.2. The second-order valence-electron chi connectivity index (χ2n) is 12.8. The number of aliphatic hydroxyl groups is 2. The summed E-state index contributed by atoms with van der Waals surface area (Å²) in [5.41, 5.74) is 5.73. The van der Waals surface area contributed by atoms with Gasteiger partial charge in [0.05, 0.1) is 23.8 Å². The van der Waals surface area contributed by atoms with Crippen molar-refractivity contribution >= 4 is 16.9 Å². The van der Waals surface area contributed by atoms with E-state index in [-0.39, 0.29) is 12.6 Å². The molecule has 0 unspecified atom stereocenters. The highest BCUT2D eigenvalue weighted by molar-refractivity contribution is 5.79. The van der Waals surface area contributed by atoms with Gasteiger partial charge in [0.25, 0.3) is 0 Å². The van der Waals surface area contributed by atoms with E-state index in [1.165, 1.54) is 0 Å². The number of urea groups is 1. The van der Waals surface area contributed by atoms with Crippen LogP contribution in [-0.4, -0.2) is 55.6 Å². The molecule has 0 spiro atoms. The third kappa shape index (κ3) is 7.97. The van der Waals surface area contributed by atoms with Gasteiger partial charge < -0.3 is 29.9 Å². The van der Waals surface area contributed by atoms with E-state index in [1.807, 2.05) is 127 Å². The molecule has 50 heavy (non-hydrogen) atoms. The number of aromatic nitrogens is 2. The highest BCUT2D eigenvalue weighted by atomic mass is 16.5. The lowest BCUT2D eigenvalue weighted by Crippen LogP contribution is -2.50. The minimum Gasteiger partial charge on any atom is -0.489 e. The molecule has 6 aromatic rings. The van der Waals surface area contributed by atoms with Crippen molar-refractivity contribution in [2.45, 2.75) is 56.9 Å². The van der Waals surface area contributed by atoms with Crippen LogP contribution in [0.1, 0.15) is 27.8 Å². The van der Waals surface area contributed by atoms with E-state index >= 15 is 0 Å². The molecule has 2 heterocycles. The van der Waals surface area contributed by atoms with E-state index in [2.05, 4.69) is 15.5 Å². The van der Waals surface area contributed by atoms with Crippen molar-refractivity contribution in [3.8, 4) is 11.5 Å². The van der Waals surface area contributed by atoms with Crippen molar-refractivity contribution in [3.05, 3.63) is 161 Å². The van der Waals surface area contributed by atoms with E-state index in [1.54, 1.807) is 11.1 Å². The van der Waals surface area contributed by atoms with Crippen LogP contribution in [0.25, 0.3) is 10.9 Å². The Morgan fingerprint density at radius 1 is 0.640 bits per heavy atom. The van der Waals surface area contributed by atoms with E-state index in [9.17, 15) is 15.0 Å². The standard InChI is InChI=1S/C41H40N4O5/c46-39-37(22-28-11-16-34(17-12-28)49-26-30-7-3-1-4-8-30)43-41(48)45(25-32-15-20-36-33(21-32)24-42-44-36)38(40(39)47)23-29-13-18-35(19-14-29)50-27-31-9-5-2-6-10-31/h1-21,24,37-40,46-47H,22-23,25-27H2,(H,42,44)(H,43,48)/t37-,38-,39+,40+/m1/s1. The number of fused-ring (bicyclic) bond motifs is 1. The van der Waals surface area contributed by atoms with Crippen LogP contribution in [0.3, 0.4) is 0 Å². The van der Waals surface area contributed by atoms with Crippen LogP contribution in [0.5, 0.6) is 11.5 Å². The first-order chi connectivity index (χ1) is 24.5. The maximum atomic E-state index is 14.0. The Morgan fingerprint density at radius 3 is 1.80 bits per heavy atom. The summed E-state index contributed by atoms with van der Waals surface area (Å²) in [5, 5.41) is 34.4. The van der Waals surface area contributed by atoms with Crippen LogP contribution in [0, 0.1) is 0 Å². The van der Waals surface area contributed by atoms with Crippen LogP contribution < -0.4 is 14.8 Å². The number of nitrogens with one attached hydrogen (secondary N) is 2. The number of aromatic amines is 1. The van der Waals surface area contributed by atoms with Gasteiger partial charge in [-0.1, -0.05) is 91.0 Å². The van der Waals surface area contributed by atoms with Gasteiger partial charge in [-0.2, -0.15) is 5.10 Å². The molecule has 0 aliphatic carbocycles. The summed E-state index contributed by atoms with van der Waals surface area (Å²) in [6.07, 6.45) is -0.0318. The quantitative estimate of drug-likeness (QED) is 0.124. The Hall–Kier alpha value is -5.64. The third-order valence-corrected chi connectivity index (χ3v) is 9.23. The number of nitrogens with zero attached hydrogens (tertiary/aromatic N) is 2. The van der Waals surface area contributed by atoms with Crippen molar-refractivity contribution < 1.29 is 24.5 Å². The van der Waals surface area contributed by atoms with Gasteiger partial charge in [0.1, 0.15) is 36.9 Å². The SMILES string of the molecule is O=C1N[C@H](Cc2ccc(OCc3ccccc3)cc2)[C@H](O)[C@@H](O)[C@@H](Cc2ccc(OCc3ccccc3)cc2)N1Cc1ccc2[nH]ncc2c1. The highest BCUT2D eigenvalue weighted by Crippen LogP contribution is 2.26. The number of carbonyl (C=O) groups excluding carboxylic acids is 1. The number of benzene rings is 5. The summed E-state index contributed by atoms with van der Waals surface area (Å²) >= 11 is 0. The fourth-order valence-electron chi connectivity index (χ4n) is 6.43. The van der Waals surface area contributed by atoms with Crippen molar-refractivity contribution in [1.29, 1.82) is 0 Å². The molecule has 1 aliphatic heterocycles. The van der Waals surface area contributed by atoms with Crippen molar-refractivity contribution in [3.63, 3.8) is 0 Å². The number of ether oxygens (including phenoxy) is 2. The summed E-state index contributed by atoms with van der Waals surface area (Å²) in [6.45, 7) is 1.14. The number of rotatable bonds is 12. The molecule has 1 saturated heterocycles. The third-order valence-electron chi connectivity index (χ3n) is 9.23. The van der Waals surface area contributed by atoms with Gasteiger partial charge in [-0.05, 0) is 77.1 Å².